The first-order valence-electron chi connectivity index (χ1n) is 5.89. The SMILES string of the molecule is COC1(C)CCCN(c2ccc(Br)cc2N)C1. The van der Waals surface area contributed by atoms with E-state index in [0.717, 1.165) is 41.8 Å². The van der Waals surface area contributed by atoms with E-state index in [1.807, 2.05) is 12.1 Å². The van der Waals surface area contributed by atoms with Crippen molar-refractivity contribution in [2.45, 2.75) is 25.4 Å². The average molecular weight is 299 g/mol. The van der Waals surface area contributed by atoms with Crippen molar-refractivity contribution in [1.29, 1.82) is 0 Å². The number of halogens is 1. The second kappa shape index (κ2) is 4.86. The number of rotatable bonds is 2. The third-order valence-electron chi connectivity index (χ3n) is 3.48. The summed E-state index contributed by atoms with van der Waals surface area (Å²) < 4.78 is 6.62. The van der Waals surface area contributed by atoms with E-state index in [-0.39, 0.29) is 5.60 Å². The summed E-state index contributed by atoms with van der Waals surface area (Å²) in [5.41, 5.74) is 7.94. The van der Waals surface area contributed by atoms with Gasteiger partial charge in [-0.1, -0.05) is 15.9 Å². The lowest BCUT2D eigenvalue weighted by Crippen LogP contribution is -2.47. The second-order valence-corrected chi connectivity index (χ2v) is 5.80. The average Bonchev–Trinajstić information content (AvgIpc) is 2.29. The first-order valence-corrected chi connectivity index (χ1v) is 6.68. The number of methoxy groups -OCH3 is 1. The van der Waals surface area contributed by atoms with Crippen molar-refractivity contribution in [3.63, 3.8) is 0 Å². The van der Waals surface area contributed by atoms with E-state index in [1.165, 1.54) is 0 Å². The quantitative estimate of drug-likeness (QED) is 0.853. The van der Waals surface area contributed by atoms with E-state index in [2.05, 4.69) is 33.8 Å². The maximum absolute atomic E-state index is 6.07. The Balaban J connectivity index is 2.22. The topological polar surface area (TPSA) is 38.5 Å². The van der Waals surface area contributed by atoms with E-state index >= 15 is 0 Å². The highest BCUT2D eigenvalue weighted by Gasteiger charge is 2.31. The van der Waals surface area contributed by atoms with Gasteiger partial charge in [-0.15, -0.1) is 0 Å². The van der Waals surface area contributed by atoms with Crippen LogP contribution in [0.5, 0.6) is 0 Å². The number of hydrogen-bond donors (Lipinski definition) is 1. The second-order valence-electron chi connectivity index (χ2n) is 4.88. The van der Waals surface area contributed by atoms with Crippen LogP contribution in [-0.2, 0) is 4.74 Å². The minimum Gasteiger partial charge on any atom is -0.397 e. The summed E-state index contributed by atoms with van der Waals surface area (Å²) in [6.07, 6.45) is 2.25. The van der Waals surface area contributed by atoms with Gasteiger partial charge in [0.05, 0.1) is 17.0 Å². The van der Waals surface area contributed by atoms with Crippen molar-refractivity contribution in [2.24, 2.45) is 0 Å². The lowest BCUT2D eigenvalue weighted by atomic mass is 9.94. The molecule has 1 fully saturated rings. The minimum absolute atomic E-state index is 0.0578. The van der Waals surface area contributed by atoms with Crippen LogP contribution in [0.4, 0.5) is 11.4 Å². The van der Waals surface area contributed by atoms with Crippen LogP contribution >= 0.6 is 15.9 Å². The first kappa shape index (κ1) is 12.7. The largest absolute Gasteiger partial charge is 0.397 e. The molecule has 1 aliphatic heterocycles. The molecule has 0 amide bonds. The van der Waals surface area contributed by atoms with Gasteiger partial charge in [0.2, 0.25) is 0 Å². The van der Waals surface area contributed by atoms with Crippen LogP contribution in [0.1, 0.15) is 19.8 Å². The Morgan fingerprint density at radius 1 is 1.47 bits per heavy atom. The van der Waals surface area contributed by atoms with Crippen molar-refractivity contribution in [3.8, 4) is 0 Å². The molecule has 2 N–H and O–H groups in total. The van der Waals surface area contributed by atoms with Gasteiger partial charge in [0.25, 0.3) is 0 Å². The molecule has 1 heterocycles. The molecule has 3 nitrogen and oxygen atoms in total. The predicted molar refractivity (Wildman–Crippen MR) is 75.4 cm³/mol. The fourth-order valence-electron chi connectivity index (χ4n) is 2.39. The third kappa shape index (κ3) is 2.75. The normalized spacial score (nSPS) is 25.0. The van der Waals surface area contributed by atoms with Gasteiger partial charge in [-0.2, -0.15) is 0 Å². The Kier molecular flexibility index (Phi) is 3.64. The van der Waals surface area contributed by atoms with Gasteiger partial charge in [-0.05, 0) is 38.0 Å². The van der Waals surface area contributed by atoms with Gasteiger partial charge in [0.15, 0.2) is 0 Å². The van der Waals surface area contributed by atoms with Gasteiger partial charge in [-0.25, -0.2) is 0 Å². The molecule has 17 heavy (non-hydrogen) atoms. The number of hydrogen-bond acceptors (Lipinski definition) is 3. The molecule has 1 saturated heterocycles. The summed E-state index contributed by atoms with van der Waals surface area (Å²) >= 11 is 3.43. The van der Waals surface area contributed by atoms with Gasteiger partial charge >= 0.3 is 0 Å². The van der Waals surface area contributed by atoms with Crippen molar-refractivity contribution >= 4 is 27.3 Å². The summed E-state index contributed by atoms with van der Waals surface area (Å²) in [6, 6.07) is 6.05. The smallest absolute Gasteiger partial charge is 0.0825 e. The zero-order valence-corrected chi connectivity index (χ0v) is 12.0. The summed E-state index contributed by atoms with van der Waals surface area (Å²) in [7, 11) is 1.79. The Morgan fingerprint density at radius 2 is 2.24 bits per heavy atom. The highest BCUT2D eigenvalue weighted by atomic mass is 79.9. The van der Waals surface area contributed by atoms with E-state index in [9.17, 15) is 0 Å². The molecule has 0 spiro atoms. The summed E-state index contributed by atoms with van der Waals surface area (Å²) in [6.45, 7) is 4.11. The molecule has 1 aromatic carbocycles. The summed E-state index contributed by atoms with van der Waals surface area (Å²) in [4.78, 5) is 2.31. The van der Waals surface area contributed by atoms with Crippen LogP contribution < -0.4 is 10.6 Å². The number of anilines is 2. The number of benzene rings is 1. The fourth-order valence-corrected chi connectivity index (χ4v) is 2.77. The Hall–Kier alpha value is -0.740. The zero-order chi connectivity index (χ0) is 12.5. The third-order valence-corrected chi connectivity index (χ3v) is 3.98. The maximum Gasteiger partial charge on any atom is 0.0825 e. The Labute approximate surface area is 111 Å². The molecule has 1 aliphatic rings. The molecule has 94 valence electrons. The highest BCUT2D eigenvalue weighted by molar-refractivity contribution is 9.10. The van der Waals surface area contributed by atoms with E-state index in [0.29, 0.717) is 0 Å². The minimum atomic E-state index is -0.0578. The molecule has 4 heteroatoms. The van der Waals surface area contributed by atoms with Crippen LogP contribution in [0.3, 0.4) is 0 Å². The monoisotopic (exact) mass is 298 g/mol. The molecule has 0 bridgehead atoms. The van der Waals surface area contributed by atoms with Crippen molar-refractivity contribution < 1.29 is 4.74 Å². The molecule has 0 aromatic heterocycles. The summed E-state index contributed by atoms with van der Waals surface area (Å²) in [5, 5.41) is 0. The number of nitrogens with zero attached hydrogens (tertiary/aromatic N) is 1. The number of nitrogen functional groups attached to an aromatic ring is 1. The molecule has 1 unspecified atom stereocenters. The Morgan fingerprint density at radius 3 is 2.88 bits per heavy atom. The van der Waals surface area contributed by atoms with Crippen molar-refractivity contribution in [3.05, 3.63) is 22.7 Å². The molecule has 0 radical (unpaired) electrons. The van der Waals surface area contributed by atoms with E-state index in [1.54, 1.807) is 7.11 Å². The number of piperidine rings is 1. The van der Waals surface area contributed by atoms with Crippen LogP contribution in [0.25, 0.3) is 0 Å². The first-order chi connectivity index (χ1) is 8.04. The molecule has 0 aliphatic carbocycles. The van der Waals surface area contributed by atoms with E-state index in [4.69, 9.17) is 10.5 Å². The Bertz CT molecular complexity index is 410. The van der Waals surface area contributed by atoms with Crippen LogP contribution in [0.2, 0.25) is 0 Å². The van der Waals surface area contributed by atoms with Crippen molar-refractivity contribution in [1.82, 2.24) is 0 Å². The van der Waals surface area contributed by atoms with Gasteiger partial charge in [-0.3, -0.25) is 0 Å². The summed E-state index contributed by atoms with van der Waals surface area (Å²) in [5.74, 6) is 0. The molecular formula is C13H19BrN2O. The molecule has 2 rings (SSSR count). The standard InChI is InChI=1S/C13H19BrN2O/c1-13(17-2)6-3-7-16(9-13)12-5-4-10(14)8-11(12)15/h4-5,8H,3,6-7,9,15H2,1-2H3. The van der Waals surface area contributed by atoms with Gasteiger partial charge in [0, 0.05) is 24.7 Å². The maximum atomic E-state index is 6.07. The molecular weight excluding hydrogens is 280 g/mol. The van der Waals surface area contributed by atoms with Crippen LogP contribution in [-0.4, -0.2) is 25.8 Å². The van der Waals surface area contributed by atoms with Crippen LogP contribution in [0.15, 0.2) is 22.7 Å². The number of ether oxygens (including phenoxy) is 1. The predicted octanol–water partition coefficient (Wildman–Crippen LogP) is 3.04. The van der Waals surface area contributed by atoms with Crippen LogP contribution in [0, 0.1) is 0 Å². The number of nitrogens with two attached hydrogens (primary N) is 1. The lowest BCUT2D eigenvalue weighted by Gasteiger charge is -2.41. The van der Waals surface area contributed by atoms with Gasteiger partial charge < -0.3 is 15.4 Å². The molecule has 1 atom stereocenters. The zero-order valence-electron chi connectivity index (χ0n) is 10.4. The molecule has 0 saturated carbocycles. The highest BCUT2D eigenvalue weighted by Crippen LogP contribution is 2.32. The lowest BCUT2D eigenvalue weighted by molar-refractivity contribution is -0.00462. The van der Waals surface area contributed by atoms with E-state index < -0.39 is 0 Å². The molecule has 1 aromatic rings. The van der Waals surface area contributed by atoms with Crippen molar-refractivity contribution in [2.75, 3.05) is 30.8 Å². The van der Waals surface area contributed by atoms with Gasteiger partial charge in [0.1, 0.15) is 0 Å². The fraction of sp³-hybridized carbons (Fsp3) is 0.538.